The Bertz CT molecular complexity index is 715. The van der Waals surface area contributed by atoms with Crippen LogP contribution in [0.5, 0.6) is 0 Å². The molecule has 19 nitrogen and oxygen atoms in total. The number of unbranched alkanes of at least 4 members (excludes halogenated alkanes) is 6. The number of hydrogen-bond acceptors (Lipinski definition) is 19. The number of nitrogens with zero attached hydrogens (tertiary/aromatic N) is 9. The van der Waals surface area contributed by atoms with Crippen LogP contribution in [0.15, 0.2) is 0 Å². The van der Waals surface area contributed by atoms with E-state index >= 15 is 0 Å². The van der Waals surface area contributed by atoms with Gasteiger partial charge in [0, 0.05) is 78.2 Å². The van der Waals surface area contributed by atoms with E-state index in [2.05, 4.69) is 138 Å². The van der Waals surface area contributed by atoms with Gasteiger partial charge in [-0.15, -0.1) is 0 Å². The molecule has 19 heteroatoms. The average molecular weight is 998 g/mol. The second kappa shape index (κ2) is 80.3. The molecule has 0 amide bonds. The molecule has 68 heavy (non-hydrogen) atoms. The molecule has 0 saturated heterocycles. The third-order valence-corrected chi connectivity index (χ3v) is 8.11. The SMILES string of the molecule is CC(C)NCCO.CN(C)CCCCCCN(C)C.CN(C)CCCCN(C)C.CN(C)CCN.CN(C)CCN(C)C.CN(C)CCO.CN(CCO)CCO.NCCO.OCCCCCO. The van der Waals surface area contributed by atoms with Crippen molar-refractivity contribution < 1.29 is 35.7 Å². The molecule has 0 unspecified atom stereocenters. The van der Waals surface area contributed by atoms with E-state index in [1.54, 1.807) is 0 Å². The van der Waals surface area contributed by atoms with Crippen molar-refractivity contribution in [2.45, 2.75) is 77.7 Å². The van der Waals surface area contributed by atoms with Crippen LogP contribution in [0.2, 0.25) is 0 Å². The summed E-state index contributed by atoms with van der Waals surface area (Å²) in [5.41, 5.74) is 9.97. The van der Waals surface area contributed by atoms with Gasteiger partial charge in [-0.2, -0.15) is 0 Å². The summed E-state index contributed by atoms with van der Waals surface area (Å²) in [5, 5.41) is 60.3. The smallest absolute Gasteiger partial charge is 0.0558 e. The van der Waals surface area contributed by atoms with E-state index in [9.17, 15) is 0 Å². The largest absolute Gasteiger partial charge is 0.396 e. The highest BCUT2D eigenvalue weighted by Gasteiger charge is 1.95. The quantitative estimate of drug-likeness (QED) is 0.0401. The van der Waals surface area contributed by atoms with Gasteiger partial charge in [-0.05, 0) is 191 Å². The normalized spacial score (nSPS) is 10.5. The summed E-state index contributed by atoms with van der Waals surface area (Å²) in [4.78, 5) is 19.2. The molecule has 0 heterocycles. The highest BCUT2D eigenvalue weighted by Crippen LogP contribution is 2.00. The zero-order chi connectivity index (χ0) is 55.0. The van der Waals surface area contributed by atoms with E-state index < -0.39 is 0 Å². The van der Waals surface area contributed by atoms with E-state index in [-0.39, 0.29) is 46.2 Å². The Morgan fingerprint density at radius 2 is 0.559 bits per heavy atom. The summed E-state index contributed by atoms with van der Waals surface area (Å²) in [5.74, 6) is 0. The molecule has 0 aliphatic rings. The summed E-state index contributed by atoms with van der Waals surface area (Å²) < 4.78 is 0. The first-order valence-electron chi connectivity index (χ1n) is 25.1. The number of nitrogens with two attached hydrogens (primary N) is 2. The molecule has 426 valence electrons. The lowest BCUT2D eigenvalue weighted by atomic mass is 10.2. The predicted octanol–water partition coefficient (Wildman–Crippen LogP) is -0.325. The molecule has 0 radical (unpaired) electrons. The minimum Gasteiger partial charge on any atom is -0.396 e. The van der Waals surface area contributed by atoms with E-state index in [1.807, 2.05) is 45.0 Å². The van der Waals surface area contributed by atoms with Crippen molar-refractivity contribution in [2.75, 3.05) is 251 Å². The van der Waals surface area contributed by atoms with Crippen LogP contribution in [0.1, 0.15) is 71.6 Å². The van der Waals surface area contributed by atoms with E-state index in [1.165, 1.54) is 64.7 Å². The van der Waals surface area contributed by atoms with Gasteiger partial charge < -0.3 is 96.6 Å². The maximum absolute atomic E-state index is 8.34. The fourth-order valence-corrected chi connectivity index (χ4v) is 4.13. The molecule has 0 saturated carbocycles. The average Bonchev–Trinajstić information content (AvgIpc) is 3.24. The summed E-state index contributed by atoms with van der Waals surface area (Å²) >= 11 is 0. The number of rotatable bonds is 31. The Balaban J connectivity index is -0.0000000834. The first-order chi connectivity index (χ1) is 31.8. The third kappa shape index (κ3) is 158. The molecule has 0 atom stereocenters. The molecule has 0 aliphatic carbocycles. The lowest BCUT2D eigenvalue weighted by Gasteiger charge is -2.13. The number of aliphatic hydroxyl groups excluding tert-OH is 7. The second-order valence-electron chi connectivity index (χ2n) is 18.7. The van der Waals surface area contributed by atoms with Crippen molar-refractivity contribution in [2.24, 2.45) is 11.5 Å². The zero-order valence-electron chi connectivity index (χ0n) is 48.9. The van der Waals surface area contributed by atoms with Gasteiger partial charge in [-0.1, -0.05) is 26.7 Å². The van der Waals surface area contributed by atoms with Crippen molar-refractivity contribution in [3.05, 3.63) is 0 Å². The summed E-state index contributed by atoms with van der Waals surface area (Å²) in [6.45, 7) is 17.6. The Morgan fingerprint density at radius 3 is 0.706 bits per heavy atom. The van der Waals surface area contributed by atoms with Crippen LogP contribution in [-0.4, -0.2) is 337 Å². The fourth-order valence-electron chi connectivity index (χ4n) is 4.13. The number of nitrogens with one attached hydrogen (secondary N) is 1. The van der Waals surface area contributed by atoms with Gasteiger partial charge in [0.25, 0.3) is 0 Å². The maximum atomic E-state index is 8.34. The van der Waals surface area contributed by atoms with Crippen molar-refractivity contribution in [3.63, 3.8) is 0 Å². The predicted molar refractivity (Wildman–Crippen MR) is 298 cm³/mol. The van der Waals surface area contributed by atoms with Crippen molar-refractivity contribution in [3.8, 4) is 0 Å². The first-order valence-corrected chi connectivity index (χ1v) is 25.1. The van der Waals surface area contributed by atoms with Gasteiger partial charge >= 0.3 is 0 Å². The Kier molecular flexibility index (Phi) is 103. The van der Waals surface area contributed by atoms with Gasteiger partial charge in [0.15, 0.2) is 0 Å². The van der Waals surface area contributed by atoms with Crippen LogP contribution in [0, 0.1) is 0 Å². The fraction of sp³-hybridized carbons (Fsp3) is 1.00. The Labute approximate surface area is 424 Å². The molecule has 0 aromatic carbocycles. The molecule has 0 spiro atoms. The molecule has 0 rings (SSSR count). The summed E-state index contributed by atoms with van der Waals surface area (Å²) in [6.07, 6.45) is 10.7. The lowest BCUT2D eigenvalue weighted by Crippen LogP contribution is -2.25. The number of likely N-dealkylation sites (N-methyl/N-ethyl adjacent to an activating group) is 5. The molecule has 0 aliphatic heterocycles. The lowest BCUT2D eigenvalue weighted by molar-refractivity contribution is 0.184. The molecule has 0 aromatic rings. The standard InChI is InChI=1S/C10H24N2.C8H20N2.C6H16N2.C5H13NO2.C5H13NO.C5H12O2.C4H12N2.C4H11NO.C2H7NO/c1-11(2)9-7-5-6-8-10-12(3)4;1-9(2)7-5-6-8-10(3)4;1-7(2)5-6-8(3)4;1-6(2-4-7)3-5-8;1-5(2)6-3-4-7;6-4-2-1-3-5-7;1-6(2)4-3-5;1-5(2)3-4-6;3-1-2-4/h5-10H2,1-4H3;5-8H2,1-4H3;5-6H2,1-4H3;7-8H,2-5H2,1H3;5-7H,3-4H2,1-2H3;6-7H,1-5H2;3-5H2,1-2H3;6H,3-4H2,1-2H3;4H,1-3H2. The minimum atomic E-state index is 0.0972. The van der Waals surface area contributed by atoms with Gasteiger partial charge in [-0.25, -0.2) is 0 Å². The third-order valence-electron chi connectivity index (χ3n) is 8.11. The minimum absolute atomic E-state index is 0.0972. The van der Waals surface area contributed by atoms with Crippen LogP contribution >= 0.6 is 0 Å². The highest BCUT2D eigenvalue weighted by atomic mass is 16.3. The van der Waals surface area contributed by atoms with Crippen LogP contribution < -0.4 is 16.8 Å². The van der Waals surface area contributed by atoms with Crippen LogP contribution in [-0.2, 0) is 0 Å². The van der Waals surface area contributed by atoms with Crippen molar-refractivity contribution in [1.29, 1.82) is 0 Å². The molecule has 0 fully saturated rings. The van der Waals surface area contributed by atoms with Crippen LogP contribution in [0.4, 0.5) is 0 Å². The molecular weight excluding hydrogens is 869 g/mol. The van der Waals surface area contributed by atoms with Gasteiger partial charge in [0.05, 0.1) is 33.0 Å². The van der Waals surface area contributed by atoms with E-state index in [4.69, 9.17) is 47.2 Å². The van der Waals surface area contributed by atoms with Crippen molar-refractivity contribution >= 4 is 0 Å². The van der Waals surface area contributed by atoms with Crippen LogP contribution in [0.25, 0.3) is 0 Å². The first kappa shape index (κ1) is 87.0. The maximum Gasteiger partial charge on any atom is 0.0558 e. The van der Waals surface area contributed by atoms with E-state index in [0.717, 1.165) is 52.0 Å². The molecular formula is C49H128N12O7. The molecule has 0 aromatic heterocycles. The monoisotopic (exact) mass is 997 g/mol. The Morgan fingerprint density at radius 1 is 0.294 bits per heavy atom. The van der Waals surface area contributed by atoms with Gasteiger partial charge in [0.1, 0.15) is 0 Å². The topological polar surface area (TPSA) is 235 Å². The number of hydrogen-bond donors (Lipinski definition) is 10. The molecule has 0 bridgehead atoms. The number of aliphatic hydroxyl groups is 7. The van der Waals surface area contributed by atoms with E-state index in [0.29, 0.717) is 32.2 Å². The summed E-state index contributed by atoms with van der Waals surface area (Å²) in [6, 6.07) is 0.493. The summed E-state index contributed by atoms with van der Waals surface area (Å²) in [7, 11) is 35.1. The zero-order valence-corrected chi connectivity index (χ0v) is 48.9. The molecule has 12 N–H and O–H groups in total. The highest BCUT2D eigenvalue weighted by molar-refractivity contribution is 4.51. The van der Waals surface area contributed by atoms with Crippen LogP contribution in [0.3, 0.4) is 0 Å². The van der Waals surface area contributed by atoms with Gasteiger partial charge in [-0.3, -0.25) is 0 Å². The van der Waals surface area contributed by atoms with Crippen molar-refractivity contribution in [1.82, 2.24) is 49.4 Å². The second-order valence-corrected chi connectivity index (χ2v) is 18.7. The van der Waals surface area contributed by atoms with Gasteiger partial charge in [0.2, 0.25) is 0 Å². The Hall–Kier alpha value is -0.760.